The summed E-state index contributed by atoms with van der Waals surface area (Å²) in [7, 11) is 0. The molecule has 126 valence electrons. The van der Waals surface area contributed by atoms with Crippen molar-refractivity contribution in [2.45, 2.75) is 38.3 Å². The van der Waals surface area contributed by atoms with Crippen molar-refractivity contribution in [3.05, 3.63) is 59.9 Å². The lowest BCUT2D eigenvalue weighted by molar-refractivity contribution is 0.210. The summed E-state index contributed by atoms with van der Waals surface area (Å²) in [5.41, 5.74) is 1.74. The molecule has 0 aromatic heterocycles. The molecule has 2 aromatic rings. The Hall–Kier alpha value is -2.14. The summed E-state index contributed by atoms with van der Waals surface area (Å²) in [5, 5.41) is 6.69. The fourth-order valence-corrected chi connectivity index (χ4v) is 3.01. The number of ether oxygens (including phenoxy) is 1. The van der Waals surface area contributed by atoms with Crippen LogP contribution in [0.4, 0.5) is 10.1 Å². The van der Waals surface area contributed by atoms with Crippen molar-refractivity contribution in [2.75, 3.05) is 5.32 Å². The molecule has 1 fully saturated rings. The van der Waals surface area contributed by atoms with Gasteiger partial charge in [-0.05, 0) is 79.9 Å². The molecule has 2 N–H and O–H groups in total. The van der Waals surface area contributed by atoms with Crippen molar-refractivity contribution < 1.29 is 9.13 Å². The van der Waals surface area contributed by atoms with E-state index in [9.17, 15) is 4.39 Å². The molecule has 3 rings (SSSR count). The molecule has 24 heavy (non-hydrogen) atoms. The third-order valence-electron chi connectivity index (χ3n) is 4.06. The Morgan fingerprint density at radius 2 is 1.88 bits per heavy atom. The Labute approximate surface area is 147 Å². The summed E-state index contributed by atoms with van der Waals surface area (Å²) in [4.78, 5) is 0. The number of anilines is 1. The highest BCUT2D eigenvalue weighted by molar-refractivity contribution is 7.80. The normalized spacial score (nSPS) is 14.4. The van der Waals surface area contributed by atoms with Crippen molar-refractivity contribution in [3.63, 3.8) is 0 Å². The second kappa shape index (κ2) is 8.11. The van der Waals surface area contributed by atoms with Gasteiger partial charge in [-0.1, -0.05) is 12.1 Å². The SMILES string of the molecule is Fc1cccc(CNC(=S)Nc2ccc(OC3CCCC3)cc2)c1. The number of hydrogen-bond acceptors (Lipinski definition) is 2. The largest absolute Gasteiger partial charge is 0.490 e. The Morgan fingerprint density at radius 3 is 2.58 bits per heavy atom. The predicted molar refractivity (Wildman–Crippen MR) is 98.8 cm³/mol. The van der Waals surface area contributed by atoms with Crippen LogP contribution in [0.25, 0.3) is 0 Å². The maximum atomic E-state index is 13.1. The van der Waals surface area contributed by atoms with E-state index in [0.29, 0.717) is 17.8 Å². The fraction of sp³-hybridized carbons (Fsp3) is 0.316. The molecule has 0 atom stereocenters. The average Bonchev–Trinajstić information content (AvgIpc) is 3.08. The Kier molecular flexibility index (Phi) is 5.64. The molecule has 2 aromatic carbocycles. The van der Waals surface area contributed by atoms with E-state index in [-0.39, 0.29) is 5.82 Å². The van der Waals surface area contributed by atoms with Crippen LogP contribution < -0.4 is 15.4 Å². The lowest BCUT2D eigenvalue weighted by Crippen LogP contribution is -2.27. The molecule has 0 spiro atoms. The van der Waals surface area contributed by atoms with E-state index in [1.807, 2.05) is 30.3 Å². The molecule has 0 amide bonds. The maximum Gasteiger partial charge on any atom is 0.171 e. The quantitative estimate of drug-likeness (QED) is 0.775. The van der Waals surface area contributed by atoms with Crippen LogP contribution in [0, 0.1) is 5.82 Å². The molecule has 1 aliphatic carbocycles. The first-order valence-corrected chi connectivity index (χ1v) is 8.66. The zero-order chi connectivity index (χ0) is 16.8. The van der Waals surface area contributed by atoms with E-state index in [1.165, 1.54) is 25.0 Å². The summed E-state index contributed by atoms with van der Waals surface area (Å²) < 4.78 is 19.1. The van der Waals surface area contributed by atoms with Gasteiger partial charge in [0.1, 0.15) is 11.6 Å². The van der Waals surface area contributed by atoms with E-state index < -0.39 is 0 Å². The summed E-state index contributed by atoms with van der Waals surface area (Å²) in [6.45, 7) is 0.479. The first kappa shape index (κ1) is 16.7. The molecule has 0 heterocycles. The zero-order valence-corrected chi connectivity index (χ0v) is 14.2. The molecular formula is C19H21FN2OS. The molecule has 0 saturated heterocycles. The molecule has 1 aliphatic rings. The third kappa shape index (κ3) is 4.93. The first-order valence-electron chi connectivity index (χ1n) is 8.25. The van der Waals surface area contributed by atoms with Crippen LogP contribution in [0.3, 0.4) is 0 Å². The van der Waals surface area contributed by atoms with Gasteiger partial charge in [-0.3, -0.25) is 0 Å². The van der Waals surface area contributed by atoms with Crippen LogP contribution in [0.15, 0.2) is 48.5 Å². The highest BCUT2D eigenvalue weighted by Crippen LogP contribution is 2.24. The number of nitrogens with one attached hydrogen (secondary N) is 2. The Morgan fingerprint density at radius 1 is 1.12 bits per heavy atom. The van der Waals surface area contributed by atoms with Gasteiger partial charge in [-0.25, -0.2) is 4.39 Å². The highest BCUT2D eigenvalue weighted by Gasteiger charge is 2.16. The first-order chi connectivity index (χ1) is 11.7. The zero-order valence-electron chi connectivity index (χ0n) is 13.4. The number of halogens is 1. The second-order valence-electron chi connectivity index (χ2n) is 5.99. The Balaban J connectivity index is 1.47. The maximum absolute atomic E-state index is 13.1. The van der Waals surface area contributed by atoms with Crippen LogP contribution in [0.5, 0.6) is 5.75 Å². The number of benzene rings is 2. The van der Waals surface area contributed by atoms with Crippen molar-refractivity contribution in [1.82, 2.24) is 5.32 Å². The van der Waals surface area contributed by atoms with Gasteiger partial charge < -0.3 is 15.4 Å². The minimum absolute atomic E-state index is 0.244. The van der Waals surface area contributed by atoms with Crippen molar-refractivity contribution in [3.8, 4) is 5.75 Å². The van der Waals surface area contributed by atoms with Crippen LogP contribution in [0.1, 0.15) is 31.2 Å². The minimum Gasteiger partial charge on any atom is -0.490 e. The van der Waals surface area contributed by atoms with Crippen molar-refractivity contribution >= 4 is 23.0 Å². The van der Waals surface area contributed by atoms with E-state index in [4.69, 9.17) is 17.0 Å². The summed E-state index contributed by atoms with van der Waals surface area (Å²) in [5.74, 6) is 0.650. The van der Waals surface area contributed by atoms with Gasteiger partial charge in [-0.2, -0.15) is 0 Å². The van der Waals surface area contributed by atoms with Gasteiger partial charge in [0.25, 0.3) is 0 Å². The monoisotopic (exact) mass is 344 g/mol. The molecule has 0 unspecified atom stereocenters. The van der Waals surface area contributed by atoms with E-state index in [0.717, 1.165) is 29.8 Å². The van der Waals surface area contributed by atoms with Crippen LogP contribution in [-0.2, 0) is 6.54 Å². The molecule has 0 radical (unpaired) electrons. The number of rotatable bonds is 5. The molecule has 0 aliphatic heterocycles. The molecule has 3 nitrogen and oxygen atoms in total. The summed E-state index contributed by atoms with van der Waals surface area (Å²) >= 11 is 5.27. The molecule has 5 heteroatoms. The molecule has 0 bridgehead atoms. The van der Waals surface area contributed by atoms with E-state index >= 15 is 0 Å². The summed E-state index contributed by atoms with van der Waals surface area (Å²) in [6, 6.07) is 14.3. The minimum atomic E-state index is -0.244. The summed E-state index contributed by atoms with van der Waals surface area (Å²) in [6.07, 6.45) is 5.17. The topological polar surface area (TPSA) is 33.3 Å². The van der Waals surface area contributed by atoms with Gasteiger partial charge in [0.15, 0.2) is 5.11 Å². The van der Waals surface area contributed by atoms with Gasteiger partial charge in [0.2, 0.25) is 0 Å². The molecular weight excluding hydrogens is 323 g/mol. The fourth-order valence-electron chi connectivity index (χ4n) is 2.82. The molecule has 1 saturated carbocycles. The number of thiocarbonyl (C=S) groups is 1. The van der Waals surface area contributed by atoms with Crippen molar-refractivity contribution in [2.24, 2.45) is 0 Å². The van der Waals surface area contributed by atoms with Crippen LogP contribution in [0.2, 0.25) is 0 Å². The van der Waals surface area contributed by atoms with E-state index in [1.54, 1.807) is 6.07 Å². The standard InChI is InChI=1S/C19H21FN2OS/c20-15-5-3-4-14(12-15)13-21-19(24)22-16-8-10-18(11-9-16)23-17-6-1-2-7-17/h3-5,8-12,17H,1-2,6-7,13H2,(H2,21,22,24). The van der Waals surface area contributed by atoms with Gasteiger partial charge in [-0.15, -0.1) is 0 Å². The smallest absolute Gasteiger partial charge is 0.171 e. The van der Waals surface area contributed by atoms with Crippen LogP contribution >= 0.6 is 12.2 Å². The average molecular weight is 344 g/mol. The van der Waals surface area contributed by atoms with Gasteiger partial charge in [0, 0.05) is 12.2 Å². The Bertz CT molecular complexity index is 684. The van der Waals surface area contributed by atoms with Gasteiger partial charge >= 0.3 is 0 Å². The predicted octanol–water partition coefficient (Wildman–Crippen LogP) is 4.63. The lowest BCUT2D eigenvalue weighted by atomic mass is 10.2. The highest BCUT2D eigenvalue weighted by atomic mass is 32.1. The lowest BCUT2D eigenvalue weighted by Gasteiger charge is -2.14. The second-order valence-corrected chi connectivity index (χ2v) is 6.39. The van der Waals surface area contributed by atoms with E-state index in [2.05, 4.69) is 10.6 Å². The number of hydrogen-bond donors (Lipinski definition) is 2. The third-order valence-corrected chi connectivity index (χ3v) is 4.31. The van der Waals surface area contributed by atoms with Crippen LogP contribution in [-0.4, -0.2) is 11.2 Å². The van der Waals surface area contributed by atoms with Crippen molar-refractivity contribution in [1.29, 1.82) is 0 Å². The van der Waals surface area contributed by atoms with Gasteiger partial charge in [0.05, 0.1) is 6.10 Å².